The average molecular weight is 265 g/mol. The number of aliphatic hydroxyl groups is 1. The summed E-state index contributed by atoms with van der Waals surface area (Å²) >= 11 is 0. The molecule has 0 aromatic carbocycles. The second kappa shape index (κ2) is 7.31. The number of ether oxygens (including phenoxy) is 1. The van der Waals surface area contributed by atoms with E-state index in [1.54, 1.807) is 7.11 Å². The predicted molar refractivity (Wildman–Crippen MR) is 66.2 cm³/mol. The van der Waals surface area contributed by atoms with Crippen LogP contribution >= 0.6 is 0 Å². The number of hydrogen-bond acceptors (Lipinski definition) is 4. The Labute approximate surface area is 104 Å². The summed E-state index contributed by atoms with van der Waals surface area (Å²) in [5.74, 6) is 0.492. The molecule has 6 heteroatoms. The minimum Gasteiger partial charge on any atom is -0.393 e. The zero-order chi connectivity index (χ0) is 12.7. The van der Waals surface area contributed by atoms with Crippen LogP contribution in [0, 0.1) is 5.92 Å². The van der Waals surface area contributed by atoms with Crippen molar-refractivity contribution in [2.75, 3.05) is 26.0 Å². The molecule has 0 atom stereocenters. The number of aliphatic hydroxyl groups excluding tert-OH is 1. The highest BCUT2D eigenvalue weighted by molar-refractivity contribution is 7.89. The molecule has 0 aromatic rings. The monoisotopic (exact) mass is 265 g/mol. The van der Waals surface area contributed by atoms with Crippen LogP contribution in [0.2, 0.25) is 0 Å². The third-order valence-electron chi connectivity index (χ3n) is 3.17. The first kappa shape index (κ1) is 14.9. The Morgan fingerprint density at radius 2 is 1.94 bits per heavy atom. The maximum Gasteiger partial charge on any atom is 0.211 e. The summed E-state index contributed by atoms with van der Waals surface area (Å²) in [5.41, 5.74) is 0. The molecule has 102 valence electrons. The van der Waals surface area contributed by atoms with Crippen molar-refractivity contribution in [1.29, 1.82) is 0 Å². The molecule has 0 saturated heterocycles. The molecular weight excluding hydrogens is 242 g/mol. The zero-order valence-corrected chi connectivity index (χ0v) is 11.2. The summed E-state index contributed by atoms with van der Waals surface area (Å²) < 4.78 is 30.7. The van der Waals surface area contributed by atoms with Crippen LogP contribution in [0.15, 0.2) is 0 Å². The molecule has 0 unspecified atom stereocenters. The molecule has 0 heterocycles. The van der Waals surface area contributed by atoms with Crippen molar-refractivity contribution < 1.29 is 18.3 Å². The molecule has 1 saturated carbocycles. The van der Waals surface area contributed by atoms with E-state index in [0.29, 0.717) is 25.5 Å². The minimum atomic E-state index is -3.16. The number of methoxy groups -OCH3 is 1. The van der Waals surface area contributed by atoms with Gasteiger partial charge in [0.1, 0.15) is 0 Å². The zero-order valence-electron chi connectivity index (χ0n) is 10.4. The highest BCUT2D eigenvalue weighted by Crippen LogP contribution is 2.23. The van der Waals surface area contributed by atoms with Crippen molar-refractivity contribution >= 4 is 10.0 Å². The predicted octanol–water partition coefficient (Wildman–Crippen LogP) is 0.493. The van der Waals surface area contributed by atoms with E-state index in [2.05, 4.69) is 4.72 Å². The normalized spacial score (nSPS) is 26.0. The fourth-order valence-electron chi connectivity index (χ4n) is 2.06. The van der Waals surface area contributed by atoms with E-state index in [9.17, 15) is 13.5 Å². The van der Waals surface area contributed by atoms with Gasteiger partial charge < -0.3 is 9.84 Å². The van der Waals surface area contributed by atoms with Gasteiger partial charge in [0.2, 0.25) is 10.0 Å². The van der Waals surface area contributed by atoms with Crippen LogP contribution in [0.25, 0.3) is 0 Å². The van der Waals surface area contributed by atoms with Crippen molar-refractivity contribution in [2.24, 2.45) is 5.92 Å². The van der Waals surface area contributed by atoms with Gasteiger partial charge in [0.25, 0.3) is 0 Å². The molecule has 0 aliphatic heterocycles. The van der Waals surface area contributed by atoms with Crippen molar-refractivity contribution in [2.45, 2.75) is 38.2 Å². The van der Waals surface area contributed by atoms with Gasteiger partial charge >= 0.3 is 0 Å². The Kier molecular flexibility index (Phi) is 6.40. The molecule has 0 radical (unpaired) electrons. The smallest absolute Gasteiger partial charge is 0.211 e. The molecule has 1 aliphatic carbocycles. The molecule has 17 heavy (non-hydrogen) atoms. The number of sulfonamides is 1. The Morgan fingerprint density at radius 3 is 2.53 bits per heavy atom. The molecule has 1 aliphatic rings. The summed E-state index contributed by atoms with van der Waals surface area (Å²) in [6, 6.07) is 0. The Balaban J connectivity index is 2.20. The summed E-state index contributed by atoms with van der Waals surface area (Å²) in [5, 5.41) is 9.35. The van der Waals surface area contributed by atoms with Crippen molar-refractivity contribution in [3.05, 3.63) is 0 Å². The van der Waals surface area contributed by atoms with Crippen LogP contribution in [0.4, 0.5) is 0 Å². The first-order valence-corrected chi connectivity index (χ1v) is 7.83. The van der Waals surface area contributed by atoms with Gasteiger partial charge in [-0.2, -0.15) is 0 Å². The number of hydrogen-bond donors (Lipinski definition) is 2. The van der Waals surface area contributed by atoms with Gasteiger partial charge in [0.15, 0.2) is 0 Å². The summed E-state index contributed by atoms with van der Waals surface area (Å²) in [7, 11) is -1.60. The second-order valence-electron chi connectivity index (χ2n) is 4.69. The van der Waals surface area contributed by atoms with Gasteiger partial charge in [0.05, 0.1) is 11.9 Å². The van der Waals surface area contributed by atoms with Crippen LogP contribution in [-0.2, 0) is 14.8 Å². The van der Waals surface area contributed by atoms with E-state index in [-0.39, 0.29) is 11.9 Å². The summed E-state index contributed by atoms with van der Waals surface area (Å²) in [4.78, 5) is 0. The van der Waals surface area contributed by atoms with Gasteiger partial charge in [-0.1, -0.05) is 0 Å². The maximum absolute atomic E-state index is 11.6. The lowest BCUT2D eigenvalue weighted by atomic mass is 9.88. The van der Waals surface area contributed by atoms with Crippen LogP contribution in [0.3, 0.4) is 0 Å². The number of rotatable bonds is 7. The van der Waals surface area contributed by atoms with Crippen LogP contribution < -0.4 is 4.72 Å². The lowest BCUT2D eigenvalue weighted by Crippen LogP contribution is -2.33. The van der Waals surface area contributed by atoms with E-state index >= 15 is 0 Å². The lowest BCUT2D eigenvalue weighted by molar-refractivity contribution is 0.109. The van der Waals surface area contributed by atoms with Crippen molar-refractivity contribution in [1.82, 2.24) is 4.72 Å². The molecule has 1 fully saturated rings. The van der Waals surface area contributed by atoms with E-state index in [0.717, 1.165) is 25.7 Å². The SMILES string of the molecule is COCCCS(=O)(=O)NCC1CCC(O)CC1. The van der Waals surface area contributed by atoms with Crippen LogP contribution in [0.1, 0.15) is 32.1 Å². The van der Waals surface area contributed by atoms with Gasteiger partial charge in [-0.3, -0.25) is 0 Å². The van der Waals surface area contributed by atoms with Crippen molar-refractivity contribution in [3.63, 3.8) is 0 Å². The standard InChI is InChI=1S/C11H23NO4S/c1-16-7-2-8-17(14,15)12-9-10-3-5-11(13)6-4-10/h10-13H,2-9H2,1H3. The molecule has 1 rings (SSSR count). The number of nitrogens with one attached hydrogen (secondary N) is 1. The maximum atomic E-state index is 11.6. The Hall–Kier alpha value is -0.170. The summed E-state index contributed by atoms with van der Waals surface area (Å²) in [6.45, 7) is 0.971. The molecule has 0 spiro atoms. The van der Waals surface area contributed by atoms with Gasteiger partial charge in [0, 0.05) is 20.3 Å². The Bertz CT molecular complexity index is 297. The highest BCUT2D eigenvalue weighted by Gasteiger charge is 2.20. The topological polar surface area (TPSA) is 75.6 Å². The van der Waals surface area contributed by atoms with Crippen molar-refractivity contribution in [3.8, 4) is 0 Å². The van der Waals surface area contributed by atoms with E-state index in [1.807, 2.05) is 0 Å². The minimum absolute atomic E-state index is 0.121. The molecule has 5 nitrogen and oxygen atoms in total. The van der Waals surface area contributed by atoms with Gasteiger partial charge in [-0.15, -0.1) is 0 Å². The first-order chi connectivity index (χ1) is 8.03. The molecular formula is C11H23NO4S. The quantitative estimate of drug-likeness (QED) is 0.657. The summed E-state index contributed by atoms with van der Waals surface area (Å²) in [6.07, 6.45) is 3.72. The highest BCUT2D eigenvalue weighted by atomic mass is 32.2. The molecule has 0 amide bonds. The average Bonchev–Trinajstić information content (AvgIpc) is 2.29. The van der Waals surface area contributed by atoms with E-state index < -0.39 is 10.0 Å². The fourth-order valence-corrected chi connectivity index (χ4v) is 3.19. The second-order valence-corrected chi connectivity index (χ2v) is 6.61. The first-order valence-electron chi connectivity index (χ1n) is 6.18. The van der Waals surface area contributed by atoms with Crippen LogP contribution in [0.5, 0.6) is 0 Å². The third-order valence-corrected chi connectivity index (χ3v) is 4.60. The molecule has 2 N–H and O–H groups in total. The largest absolute Gasteiger partial charge is 0.393 e. The van der Waals surface area contributed by atoms with E-state index in [4.69, 9.17) is 4.74 Å². The lowest BCUT2D eigenvalue weighted by Gasteiger charge is -2.25. The Morgan fingerprint density at radius 1 is 1.29 bits per heavy atom. The molecule has 0 aromatic heterocycles. The van der Waals surface area contributed by atoms with Gasteiger partial charge in [-0.25, -0.2) is 13.1 Å². The van der Waals surface area contributed by atoms with Crippen LogP contribution in [-0.4, -0.2) is 45.6 Å². The third kappa shape index (κ3) is 6.35. The fraction of sp³-hybridized carbons (Fsp3) is 1.00. The molecule has 0 bridgehead atoms. The van der Waals surface area contributed by atoms with E-state index in [1.165, 1.54) is 0 Å². The van der Waals surface area contributed by atoms with Gasteiger partial charge in [-0.05, 0) is 38.0 Å².